The first-order valence-electron chi connectivity index (χ1n) is 5.49. The van der Waals surface area contributed by atoms with Crippen LogP contribution in [0.2, 0.25) is 5.02 Å². The van der Waals surface area contributed by atoms with Gasteiger partial charge in [0.15, 0.2) is 0 Å². The van der Waals surface area contributed by atoms with E-state index in [1.54, 1.807) is 6.07 Å². The fourth-order valence-corrected chi connectivity index (χ4v) is 2.54. The van der Waals surface area contributed by atoms with Crippen molar-refractivity contribution < 1.29 is 4.39 Å². The fraction of sp³-hybridized carbons (Fsp3) is 0.143. The molecule has 0 saturated heterocycles. The summed E-state index contributed by atoms with van der Waals surface area (Å²) in [6.07, 6.45) is 0. The quantitative estimate of drug-likeness (QED) is 0.820. The van der Waals surface area contributed by atoms with Gasteiger partial charge in [-0.25, -0.2) is 4.39 Å². The van der Waals surface area contributed by atoms with Crippen LogP contribution in [0.15, 0.2) is 40.9 Å². The monoisotopic (exact) mass is 327 g/mol. The van der Waals surface area contributed by atoms with Gasteiger partial charge in [0.05, 0.1) is 0 Å². The Morgan fingerprint density at radius 3 is 2.67 bits per heavy atom. The van der Waals surface area contributed by atoms with E-state index in [1.807, 2.05) is 25.1 Å². The minimum Gasteiger partial charge on any atom is -0.381 e. The van der Waals surface area contributed by atoms with E-state index in [0.717, 1.165) is 21.3 Å². The minimum atomic E-state index is -0.318. The van der Waals surface area contributed by atoms with Gasteiger partial charge in [0.2, 0.25) is 0 Å². The Hall–Kier alpha value is -1.06. The highest BCUT2D eigenvalue weighted by molar-refractivity contribution is 9.10. The summed E-state index contributed by atoms with van der Waals surface area (Å²) in [5.41, 5.74) is 3.04. The third-order valence-corrected chi connectivity index (χ3v) is 3.35. The maximum absolute atomic E-state index is 12.9. The van der Waals surface area contributed by atoms with Crippen LogP contribution in [-0.4, -0.2) is 0 Å². The standard InChI is InChI=1S/C14H12BrClFN/c1-9-4-11(15)6-13(5-9)18-8-10-2-3-12(17)7-14(10)16/h2-7,18H,8H2,1H3. The third kappa shape index (κ3) is 3.47. The molecule has 0 saturated carbocycles. The lowest BCUT2D eigenvalue weighted by molar-refractivity contribution is 0.627. The number of anilines is 1. The zero-order valence-corrected chi connectivity index (χ0v) is 12.1. The van der Waals surface area contributed by atoms with Gasteiger partial charge in [0.25, 0.3) is 0 Å². The van der Waals surface area contributed by atoms with Gasteiger partial charge in [0.1, 0.15) is 5.82 Å². The topological polar surface area (TPSA) is 12.0 Å². The van der Waals surface area contributed by atoms with E-state index in [4.69, 9.17) is 11.6 Å². The van der Waals surface area contributed by atoms with Crippen LogP contribution < -0.4 is 5.32 Å². The van der Waals surface area contributed by atoms with Gasteiger partial charge >= 0.3 is 0 Å². The molecule has 94 valence electrons. The van der Waals surface area contributed by atoms with Crippen molar-refractivity contribution in [3.05, 3.63) is 62.8 Å². The molecule has 0 aromatic heterocycles. The average Bonchev–Trinajstić information content (AvgIpc) is 2.26. The number of hydrogen-bond acceptors (Lipinski definition) is 1. The summed E-state index contributed by atoms with van der Waals surface area (Å²) in [6.45, 7) is 2.59. The molecule has 2 aromatic carbocycles. The molecular weight excluding hydrogens is 317 g/mol. The molecule has 4 heteroatoms. The van der Waals surface area contributed by atoms with Gasteiger partial charge in [0, 0.05) is 21.7 Å². The van der Waals surface area contributed by atoms with Crippen molar-refractivity contribution in [3.8, 4) is 0 Å². The van der Waals surface area contributed by atoms with Crippen molar-refractivity contribution in [3.63, 3.8) is 0 Å². The lowest BCUT2D eigenvalue weighted by Gasteiger charge is -2.09. The van der Waals surface area contributed by atoms with Gasteiger partial charge < -0.3 is 5.32 Å². The molecule has 0 unspecified atom stereocenters. The van der Waals surface area contributed by atoms with Crippen molar-refractivity contribution in [2.45, 2.75) is 13.5 Å². The lowest BCUT2D eigenvalue weighted by atomic mass is 10.2. The van der Waals surface area contributed by atoms with Gasteiger partial charge in [-0.1, -0.05) is 33.6 Å². The summed E-state index contributed by atoms with van der Waals surface area (Å²) in [5, 5.41) is 3.71. The van der Waals surface area contributed by atoms with Crippen LogP contribution in [-0.2, 0) is 6.54 Å². The van der Waals surface area contributed by atoms with Crippen LogP contribution in [0.1, 0.15) is 11.1 Å². The molecule has 0 radical (unpaired) electrons. The Morgan fingerprint density at radius 1 is 1.22 bits per heavy atom. The van der Waals surface area contributed by atoms with Gasteiger partial charge in [-0.05, 0) is 48.4 Å². The number of benzene rings is 2. The molecule has 0 aliphatic heterocycles. The Kier molecular flexibility index (Phi) is 4.25. The van der Waals surface area contributed by atoms with Crippen LogP contribution in [0.25, 0.3) is 0 Å². The van der Waals surface area contributed by atoms with Crippen molar-refractivity contribution in [1.82, 2.24) is 0 Å². The zero-order chi connectivity index (χ0) is 13.1. The first kappa shape index (κ1) is 13.4. The van der Waals surface area contributed by atoms with Crippen molar-refractivity contribution in [1.29, 1.82) is 0 Å². The van der Waals surface area contributed by atoms with Gasteiger partial charge in [-0.2, -0.15) is 0 Å². The van der Waals surface area contributed by atoms with Crippen molar-refractivity contribution >= 4 is 33.2 Å². The van der Waals surface area contributed by atoms with Crippen LogP contribution >= 0.6 is 27.5 Å². The first-order chi connectivity index (χ1) is 8.54. The van der Waals surface area contributed by atoms with Crippen LogP contribution in [0, 0.1) is 12.7 Å². The maximum atomic E-state index is 12.9. The van der Waals surface area contributed by atoms with E-state index >= 15 is 0 Å². The highest BCUT2D eigenvalue weighted by atomic mass is 79.9. The molecule has 0 aliphatic carbocycles. The third-order valence-electron chi connectivity index (χ3n) is 2.54. The molecule has 0 aliphatic rings. The molecule has 1 N–H and O–H groups in total. The molecular formula is C14H12BrClFN. The number of nitrogens with one attached hydrogen (secondary N) is 1. The van der Waals surface area contributed by atoms with Gasteiger partial charge in [-0.15, -0.1) is 0 Å². The molecule has 18 heavy (non-hydrogen) atoms. The number of hydrogen-bond donors (Lipinski definition) is 1. The lowest BCUT2D eigenvalue weighted by Crippen LogP contribution is -2.00. The second-order valence-electron chi connectivity index (χ2n) is 4.11. The van der Waals surface area contributed by atoms with E-state index < -0.39 is 0 Å². The van der Waals surface area contributed by atoms with E-state index in [0.29, 0.717) is 11.6 Å². The summed E-state index contributed by atoms with van der Waals surface area (Å²) >= 11 is 9.42. The molecule has 2 rings (SSSR count). The van der Waals surface area contributed by atoms with Gasteiger partial charge in [-0.3, -0.25) is 0 Å². The number of aryl methyl sites for hydroxylation is 1. The summed E-state index contributed by atoms with van der Waals surface area (Å²) < 4.78 is 13.9. The Balaban J connectivity index is 2.11. The van der Waals surface area contributed by atoms with E-state index in [-0.39, 0.29) is 5.82 Å². The van der Waals surface area contributed by atoms with E-state index in [2.05, 4.69) is 21.2 Å². The van der Waals surface area contributed by atoms with Crippen molar-refractivity contribution in [2.75, 3.05) is 5.32 Å². The predicted octanol–water partition coefficient (Wildman–Crippen LogP) is 5.16. The molecule has 2 aromatic rings. The summed E-state index contributed by atoms with van der Waals surface area (Å²) in [6, 6.07) is 10.5. The van der Waals surface area contributed by atoms with Crippen molar-refractivity contribution in [2.24, 2.45) is 0 Å². The minimum absolute atomic E-state index is 0.318. The largest absolute Gasteiger partial charge is 0.381 e. The second kappa shape index (κ2) is 5.72. The fourth-order valence-electron chi connectivity index (χ4n) is 1.70. The summed E-state index contributed by atoms with van der Waals surface area (Å²) in [5.74, 6) is -0.318. The average molecular weight is 329 g/mol. The Bertz CT molecular complexity index is 551. The Morgan fingerprint density at radius 2 is 2.00 bits per heavy atom. The van der Waals surface area contributed by atoms with E-state index in [9.17, 15) is 4.39 Å². The smallest absolute Gasteiger partial charge is 0.124 e. The number of halogens is 3. The SMILES string of the molecule is Cc1cc(Br)cc(NCc2ccc(F)cc2Cl)c1. The molecule has 0 bridgehead atoms. The number of rotatable bonds is 3. The van der Waals surface area contributed by atoms with Crippen LogP contribution in [0.4, 0.5) is 10.1 Å². The highest BCUT2D eigenvalue weighted by Gasteiger charge is 2.02. The molecule has 0 amide bonds. The predicted molar refractivity (Wildman–Crippen MR) is 77.6 cm³/mol. The zero-order valence-electron chi connectivity index (χ0n) is 9.81. The molecule has 0 atom stereocenters. The molecule has 0 spiro atoms. The van der Waals surface area contributed by atoms with Crippen LogP contribution in [0.5, 0.6) is 0 Å². The second-order valence-corrected chi connectivity index (χ2v) is 5.43. The molecule has 1 nitrogen and oxygen atoms in total. The Labute approximate surface area is 119 Å². The van der Waals surface area contributed by atoms with E-state index in [1.165, 1.54) is 12.1 Å². The first-order valence-corrected chi connectivity index (χ1v) is 6.67. The molecule has 0 fully saturated rings. The maximum Gasteiger partial charge on any atom is 0.124 e. The normalized spacial score (nSPS) is 10.4. The molecule has 0 heterocycles. The highest BCUT2D eigenvalue weighted by Crippen LogP contribution is 2.22. The van der Waals surface area contributed by atoms with Crippen LogP contribution in [0.3, 0.4) is 0 Å². The summed E-state index contributed by atoms with van der Waals surface area (Å²) in [7, 11) is 0. The summed E-state index contributed by atoms with van der Waals surface area (Å²) in [4.78, 5) is 0.